The Balaban J connectivity index is 1.90. The minimum atomic E-state index is 0.292. The molecule has 0 spiro atoms. The van der Waals surface area contributed by atoms with Crippen LogP contribution in [0.15, 0.2) is 115 Å². The van der Waals surface area contributed by atoms with Crippen molar-refractivity contribution in [3.63, 3.8) is 0 Å². The number of hydrogen-bond acceptors (Lipinski definition) is 1. The van der Waals surface area contributed by atoms with Crippen molar-refractivity contribution in [1.29, 1.82) is 0 Å². The molecule has 0 aliphatic heterocycles. The van der Waals surface area contributed by atoms with E-state index in [1.807, 2.05) is 12.1 Å². The summed E-state index contributed by atoms with van der Waals surface area (Å²) in [7, 11) is 0. The Kier molecular flexibility index (Phi) is 6.29. The summed E-state index contributed by atoms with van der Waals surface area (Å²) >= 11 is 0. The third kappa shape index (κ3) is 4.51. The van der Waals surface area contributed by atoms with Gasteiger partial charge in [-0.2, -0.15) is 0 Å². The molecule has 0 saturated heterocycles. The lowest BCUT2D eigenvalue weighted by Gasteiger charge is -2.25. The van der Waals surface area contributed by atoms with E-state index in [1.165, 1.54) is 27.8 Å². The fourth-order valence-electron chi connectivity index (χ4n) is 5.57. The highest BCUT2D eigenvalue weighted by Gasteiger charge is 2.25. The average molecular weight is 505 g/mol. The van der Waals surface area contributed by atoms with Crippen molar-refractivity contribution in [3.8, 4) is 50.3 Å². The van der Waals surface area contributed by atoms with Crippen molar-refractivity contribution < 1.29 is 5.11 Å². The first kappa shape index (κ1) is 24.7. The summed E-state index contributed by atoms with van der Waals surface area (Å²) in [5.74, 6) is 0.292. The molecular weight excluding hydrogens is 472 g/mol. The van der Waals surface area contributed by atoms with E-state index in [9.17, 15) is 5.11 Å². The quantitative estimate of drug-likeness (QED) is 0.253. The minimum absolute atomic E-state index is 0.292. The van der Waals surface area contributed by atoms with Gasteiger partial charge in [-0.05, 0) is 78.1 Å². The molecule has 1 N–H and O–H groups in total. The molecule has 6 rings (SSSR count). The zero-order valence-corrected chi connectivity index (χ0v) is 22.9. The summed E-state index contributed by atoms with van der Waals surface area (Å²) in [5.41, 5.74) is 13.9. The molecule has 0 aromatic heterocycles. The smallest absolute Gasteiger partial charge is 0.124 e. The third-order valence-electron chi connectivity index (χ3n) is 7.67. The molecule has 0 atom stereocenters. The summed E-state index contributed by atoms with van der Waals surface area (Å²) in [6, 6.07) is 40.9. The number of aromatic hydroxyl groups is 1. The van der Waals surface area contributed by atoms with Crippen LogP contribution in [0.2, 0.25) is 0 Å². The second-order valence-corrected chi connectivity index (χ2v) is 10.7. The predicted octanol–water partition coefficient (Wildman–Crippen LogP) is 10.4. The van der Waals surface area contributed by atoms with Gasteiger partial charge in [0.05, 0.1) is 0 Å². The highest BCUT2D eigenvalue weighted by molar-refractivity contribution is 6.19. The number of benzene rings is 6. The fourth-order valence-corrected chi connectivity index (χ4v) is 5.57. The van der Waals surface area contributed by atoms with Crippen molar-refractivity contribution in [2.24, 2.45) is 0 Å². The molecule has 0 fully saturated rings. The predicted molar refractivity (Wildman–Crippen MR) is 166 cm³/mol. The molecule has 0 bridgehead atoms. The van der Waals surface area contributed by atoms with Gasteiger partial charge >= 0.3 is 0 Å². The van der Waals surface area contributed by atoms with Crippen LogP contribution in [0.5, 0.6) is 5.75 Å². The molecule has 0 amide bonds. The van der Waals surface area contributed by atoms with Crippen LogP contribution in [0.1, 0.15) is 22.3 Å². The number of fused-ring (bicyclic) bond motifs is 1. The van der Waals surface area contributed by atoms with Crippen LogP contribution in [-0.2, 0) is 0 Å². The zero-order valence-electron chi connectivity index (χ0n) is 22.9. The SMILES string of the molecule is Cc1ccc(-c2c(-c3ccc(C)cc3)c(-c3ccc(C)cc3)c3c(O)cccc3c2-c2ccc(C)cc2)cc1. The van der Waals surface area contributed by atoms with Gasteiger partial charge in [0.1, 0.15) is 5.75 Å². The van der Waals surface area contributed by atoms with Gasteiger partial charge in [0, 0.05) is 10.9 Å². The normalized spacial score (nSPS) is 11.2. The second-order valence-electron chi connectivity index (χ2n) is 10.7. The Morgan fingerprint density at radius 2 is 0.692 bits per heavy atom. The molecule has 1 heteroatoms. The van der Waals surface area contributed by atoms with Gasteiger partial charge in [-0.15, -0.1) is 0 Å². The van der Waals surface area contributed by atoms with Crippen molar-refractivity contribution >= 4 is 10.8 Å². The Bertz CT molecular complexity index is 1790. The second kappa shape index (κ2) is 9.93. The molecule has 0 saturated carbocycles. The molecule has 0 aliphatic rings. The summed E-state index contributed by atoms with van der Waals surface area (Å²) in [5, 5.41) is 13.4. The van der Waals surface area contributed by atoms with Crippen molar-refractivity contribution in [1.82, 2.24) is 0 Å². The molecule has 0 unspecified atom stereocenters. The molecule has 6 aromatic rings. The standard InChI is InChI=1S/C38H32O/c1-24-8-16-28(17-9-24)34-32-6-5-7-33(39)38(32)37(31-22-14-27(4)15-23-31)36(30-20-12-26(3)13-21-30)35(34)29-18-10-25(2)11-19-29/h5-23,39H,1-4H3. The molecule has 190 valence electrons. The molecule has 0 aliphatic carbocycles. The number of rotatable bonds is 4. The van der Waals surface area contributed by atoms with Crippen LogP contribution in [-0.4, -0.2) is 5.11 Å². The van der Waals surface area contributed by atoms with Gasteiger partial charge in [-0.1, -0.05) is 131 Å². The lowest BCUT2D eigenvalue weighted by atomic mass is 9.78. The topological polar surface area (TPSA) is 20.2 Å². The van der Waals surface area contributed by atoms with Gasteiger partial charge < -0.3 is 5.11 Å². The number of phenols is 1. The van der Waals surface area contributed by atoms with Crippen LogP contribution in [0, 0.1) is 27.7 Å². The lowest BCUT2D eigenvalue weighted by molar-refractivity contribution is 0.482. The molecule has 0 radical (unpaired) electrons. The Labute approximate surface area is 231 Å². The van der Waals surface area contributed by atoms with Gasteiger partial charge in [0.15, 0.2) is 0 Å². The number of hydrogen-bond donors (Lipinski definition) is 1. The maximum atomic E-state index is 11.5. The van der Waals surface area contributed by atoms with Crippen LogP contribution in [0.25, 0.3) is 55.3 Å². The van der Waals surface area contributed by atoms with E-state index < -0.39 is 0 Å². The van der Waals surface area contributed by atoms with E-state index in [2.05, 4.69) is 131 Å². The number of phenolic OH excluding ortho intramolecular Hbond substituents is 1. The summed E-state index contributed by atoms with van der Waals surface area (Å²) in [4.78, 5) is 0. The monoisotopic (exact) mass is 504 g/mol. The largest absolute Gasteiger partial charge is 0.507 e. The van der Waals surface area contributed by atoms with Gasteiger partial charge in [0.2, 0.25) is 0 Å². The summed E-state index contributed by atoms with van der Waals surface area (Å²) in [6.45, 7) is 8.47. The lowest BCUT2D eigenvalue weighted by Crippen LogP contribution is -1.98. The Hall–Kier alpha value is -4.62. The van der Waals surface area contributed by atoms with E-state index >= 15 is 0 Å². The molecule has 39 heavy (non-hydrogen) atoms. The van der Waals surface area contributed by atoms with Gasteiger partial charge in [-0.25, -0.2) is 0 Å². The first-order chi connectivity index (χ1) is 18.9. The first-order valence-corrected chi connectivity index (χ1v) is 13.5. The van der Waals surface area contributed by atoms with E-state index in [0.29, 0.717) is 5.75 Å². The molecular formula is C38H32O. The van der Waals surface area contributed by atoms with Crippen LogP contribution >= 0.6 is 0 Å². The van der Waals surface area contributed by atoms with E-state index in [4.69, 9.17) is 0 Å². The maximum absolute atomic E-state index is 11.5. The fraction of sp³-hybridized carbons (Fsp3) is 0.105. The van der Waals surface area contributed by atoms with E-state index in [0.717, 1.165) is 49.7 Å². The van der Waals surface area contributed by atoms with Crippen molar-refractivity contribution in [2.75, 3.05) is 0 Å². The van der Waals surface area contributed by atoms with Crippen molar-refractivity contribution in [2.45, 2.75) is 27.7 Å². The van der Waals surface area contributed by atoms with E-state index in [1.54, 1.807) is 0 Å². The van der Waals surface area contributed by atoms with Crippen LogP contribution in [0.4, 0.5) is 0 Å². The molecule has 6 aromatic carbocycles. The summed E-state index contributed by atoms with van der Waals surface area (Å²) in [6.07, 6.45) is 0. The van der Waals surface area contributed by atoms with Gasteiger partial charge in [-0.3, -0.25) is 0 Å². The Morgan fingerprint density at radius 3 is 1.10 bits per heavy atom. The third-order valence-corrected chi connectivity index (χ3v) is 7.67. The zero-order chi connectivity index (χ0) is 27.1. The first-order valence-electron chi connectivity index (χ1n) is 13.5. The Morgan fingerprint density at radius 1 is 0.359 bits per heavy atom. The van der Waals surface area contributed by atoms with Crippen molar-refractivity contribution in [3.05, 3.63) is 138 Å². The molecule has 0 heterocycles. The summed E-state index contributed by atoms with van der Waals surface area (Å²) < 4.78 is 0. The van der Waals surface area contributed by atoms with Crippen LogP contribution in [0.3, 0.4) is 0 Å². The van der Waals surface area contributed by atoms with Gasteiger partial charge in [0.25, 0.3) is 0 Å². The number of aryl methyl sites for hydroxylation is 4. The highest BCUT2D eigenvalue weighted by atomic mass is 16.3. The van der Waals surface area contributed by atoms with Crippen LogP contribution < -0.4 is 0 Å². The highest BCUT2D eigenvalue weighted by Crippen LogP contribution is 2.52. The minimum Gasteiger partial charge on any atom is -0.507 e. The maximum Gasteiger partial charge on any atom is 0.124 e. The molecule has 1 nitrogen and oxygen atoms in total. The average Bonchev–Trinajstić information content (AvgIpc) is 2.94. The van der Waals surface area contributed by atoms with E-state index in [-0.39, 0.29) is 0 Å².